The van der Waals surface area contributed by atoms with E-state index < -0.39 is 5.92 Å². The van der Waals surface area contributed by atoms with E-state index in [2.05, 4.69) is 5.32 Å². The lowest BCUT2D eigenvalue weighted by Crippen LogP contribution is -2.45. The van der Waals surface area contributed by atoms with Crippen LogP contribution >= 0.6 is 0 Å². The van der Waals surface area contributed by atoms with Crippen molar-refractivity contribution >= 4 is 34.8 Å². The lowest BCUT2D eigenvalue weighted by atomic mass is 10.1. The standard InChI is InChI=1S/C22H23N3O6/c1-29-17-9-14(10-18(30-2)21(17)31-3)24-11-13(8-20(24)27)22(28)25-12-19(26)23-15-6-4-5-7-16(15)25/h4-7,9-10,13H,8,11-12H2,1-3H3,(H,23,26)/t13-/m0/s1. The minimum Gasteiger partial charge on any atom is -0.493 e. The first-order chi connectivity index (χ1) is 15.0. The molecule has 1 saturated heterocycles. The van der Waals surface area contributed by atoms with E-state index in [9.17, 15) is 14.4 Å². The number of carbonyl (C=O) groups is 3. The van der Waals surface area contributed by atoms with E-state index >= 15 is 0 Å². The van der Waals surface area contributed by atoms with Crippen molar-refractivity contribution < 1.29 is 28.6 Å². The van der Waals surface area contributed by atoms with Crippen LogP contribution in [0.25, 0.3) is 0 Å². The van der Waals surface area contributed by atoms with Gasteiger partial charge in [-0.3, -0.25) is 14.4 Å². The third kappa shape index (κ3) is 3.63. The number of anilines is 3. The summed E-state index contributed by atoms with van der Waals surface area (Å²) in [5, 5.41) is 2.77. The molecule has 162 valence electrons. The summed E-state index contributed by atoms with van der Waals surface area (Å²) in [7, 11) is 4.50. The third-order valence-electron chi connectivity index (χ3n) is 5.47. The predicted molar refractivity (Wildman–Crippen MR) is 114 cm³/mol. The van der Waals surface area contributed by atoms with Crippen molar-refractivity contribution in [1.29, 1.82) is 0 Å². The summed E-state index contributed by atoms with van der Waals surface area (Å²) in [5.41, 5.74) is 1.76. The summed E-state index contributed by atoms with van der Waals surface area (Å²) in [6.45, 7) is 0.112. The largest absolute Gasteiger partial charge is 0.493 e. The van der Waals surface area contributed by atoms with Gasteiger partial charge in [0.05, 0.1) is 44.3 Å². The zero-order valence-electron chi connectivity index (χ0n) is 17.5. The van der Waals surface area contributed by atoms with Crippen LogP contribution in [-0.4, -0.2) is 52.1 Å². The number of benzene rings is 2. The number of methoxy groups -OCH3 is 3. The molecule has 9 heteroatoms. The van der Waals surface area contributed by atoms with E-state index in [4.69, 9.17) is 14.2 Å². The second-order valence-corrected chi connectivity index (χ2v) is 7.28. The number of hydrogen-bond acceptors (Lipinski definition) is 6. The van der Waals surface area contributed by atoms with Crippen molar-refractivity contribution in [2.45, 2.75) is 6.42 Å². The van der Waals surface area contributed by atoms with Crippen LogP contribution in [0, 0.1) is 5.92 Å². The van der Waals surface area contributed by atoms with Crippen molar-refractivity contribution in [3.8, 4) is 17.2 Å². The molecule has 2 aliphatic heterocycles. The van der Waals surface area contributed by atoms with Gasteiger partial charge in [0.2, 0.25) is 23.5 Å². The van der Waals surface area contributed by atoms with Crippen LogP contribution in [0.4, 0.5) is 17.1 Å². The van der Waals surface area contributed by atoms with Crippen LogP contribution in [0.2, 0.25) is 0 Å². The molecular formula is C22H23N3O6. The molecule has 0 aromatic heterocycles. The molecule has 1 fully saturated rings. The summed E-state index contributed by atoms with van der Waals surface area (Å²) in [4.78, 5) is 41.1. The number of rotatable bonds is 5. The molecule has 0 spiro atoms. The number of para-hydroxylation sites is 2. The average Bonchev–Trinajstić information content (AvgIpc) is 3.18. The SMILES string of the molecule is COc1cc(N2C[C@@H](C(=O)N3CC(=O)Nc4ccccc43)CC2=O)cc(OC)c1OC. The first-order valence-electron chi connectivity index (χ1n) is 9.77. The molecule has 1 atom stereocenters. The maximum Gasteiger partial charge on any atom is 0.244 e. The van der Waals surface area contributed by atoms with Crippen LogP contribution in [0.15, 0.2) is 36.4 Å². The Hall–Kier alpha value is -3.75. The molecule has 1 N–H and O–H groups in total. The molecule has 2 aliphatic rings. The van der Waals surface area contributed by atoms with Crippen molar-refractivity contribution in [2.24, 2.45) is 5.92 Å². The van der Waals surface area contributed by atoms with Crippen LogP contribution in [0.1, 0.15) is 6.42 Å². The summed E-state index contributed by atoms with van der Waals surface area (Å²) < 4.78 is 16.1. The normalized spacial score (nSPS) is 17.8. The molecule has 0 saturated carbocycles. The molecule has 31 heavy (non-hydrogen) atoms. The minimum absolute atomic E-state index is 0.0514. The van der Waals surface area contributed by atoms with Crippen molar-refractivity contribution in [3.05, 3.63) is 36.4 Å². The number of hydrogen-bond donors (Lipinski definition) is 1. The summed E-state index contributed by atoms with van der Waals surface area (Å²) in [5.74, 6) is -0.0394. The lowest BCUT2D eigenvalue weighted by molar-refractivity contribution is -0.125. The minimum atomic E-state index is -0.578. The third-order valence-corrected chi connectivity index (χ3v) is 5.47. The highest BCUT2D eigenvalue weighted by Gasteiger charge is 2.40. The van der Waals surface area contributed by atoms with Gasteiger partial charge in [-0.2, -0.15) is 0 Å². The van der Waals surface area contributed by atoms with Gasteiger partial charge < -0.3 is 29.3 Å². The second-order valence-electron chi connectivity index (χ2n) is 7.28. The first-order valence-corrected chi connectivity index (χ1v) is 9.77. The highest BCUT2D eigenvalue weighted by atomic mass is 16.5. The fourth-order valence-electron chi connectivity index (χ4n) is 4.00. The Balaban J connectivity index is 1.61. The van der Waals surface area contributed by atoms with Gasteiger partial charge in [0, 0.05) is 25.1 Å². The summed E-state index contributed by atoms with van der Waals surface area (Å²) >= 11 is 0. The monoisotopic (exact) mass is 425 g/mol. The Morgan fingerprint density at radius 2 is 1.71 bits per heavy atom. The fourth-order valence-corrected chi connectivity index (χ4v) is 4.00. The van der Waals surface area contributed by atoms with Gasteiger partial charge in [-0.05, 0) is 12.1 Å². The molecule has 0 radical (unpaired) electrons. The Labute approximate surface area is 179 Å². The Morgan fingerprint density at radius 3 is 2.35 bits per heavy atom. The molecular weight excluding hydrogens is 402 g/mol. The Bertz CT molecular complexity index is 1030. The first kappa shape index (κ1) is 20.5. The van der Waals surface area contributed by atoms with Gasteiger partial charge in [-0.25, -0.2) is 0 Å². The second kappa shape index (κ2) is 8.17. The molecule has 2 heterocycles. The lowest BCUT2D eigenvalue weighted by Gasteiger charge is -2.30. The van der Waals surface area contributed by atoms with Gasteiger partial charge in [0.15, 0.2) is 11.5 Å². The Morgan fingerprint density at radius 1 is 1.03 bits per heavy atom. The zero-order chi connectivity index (χ0) is 22.1. The number of fused-ring (bicyclic) bond motifs is 1. The van der Waals surface area contributed by atoms with Crippen molar-refractivity contribution in [1.82, 2.24) is 0 Å². The molecule has 4 rings (SSSR count). The van der Waals surface area contributed by atoms with E-state index in [1.807, 2.05) is 0 Å². The van der Waals surface area contributed by atoms with Gasteiger partial charge in [0.25, 0.3) is 0 Å². The van der Waals surface area contributed by atoms with Crippen LogP contribution in [0.5, 0.6) is 17.2 Å². The topological polar surface area (TPSA) is 97.4 Å². The summed E-state index contributed by atoms with van der Waals surface area (Å²) in [6.07, 6.45) is 0.0514. The van der Waals surface area contributed by atoms with E-state index in [0.717, 1.165) is 0 Å². The molecule has 9 nitrogen and oxygen atoms in total. The molecule has 0 unspecified atom stereocenters. The van der Waals surface area contributed by atoms with Crippen LogP contribution < -0.4 is 29.3 Å². The van der Waals surface area contributed by atoms with Crippen LogP contribution in [0.3, 0.4) is 0 Å². The van der Waals surface area contributed by atoms with Crippen LogP contribution in [-0.2, 0) is 14.4 Å². The number of carbonyl (C=O) groups excluding carboxylic acids is 3. The van der Waals surface area contributed by atoms with Crippen molar-refractivity contribution in [2.75, 3.05) is 49.5 Å². The van der Waals surface area contributed by atoms with E-state index in [0.29, 0.717) is 34.3 Å². The van der Waals surface area contributed by atoms with E-state index in [-0.39, 0.29) is 37.2 Å². The Kier molecular flexibility index (Phi) is 5.41. The quantitative estimate of drug-likeness (QED) is 0.788. The molecule has 2 aromatic carbocycles. The van der Waals surface area contributed by atoms with Gasteiger partial charge in [-0.1, -0.05) is 12.1 Å². The maximum absolute atomic E-state index is 13.3. The summed E-state index contributed by atoms with van der Waals surface area (Å²) in [6, 6.07) is 10.5. The molecule has 0 aliphatic carbocycles. The molecule has 2 aromatic rings. The number of amides is 3. The number of nitrogens with one attached hydrogen (secondary N) is 1. The zero-order valence-corrected chi connectivity index (χ0v) is 17.5. The van der Waals surface area contributed by atoms with Gasteiger partial charge >= 0.3 is 0 Å². The van der Waals surface area contributed by atoms with Gasteiger partial charge in [-0.15, -0.1) is 0 Å². The molecule has 3 amide bonds. The smallest absolute Gasteiger partial charge is 0.244 e. The van der Waals surface area contributed by atoms with E-state index in [1.54, 1.807) is 36.4 Å². The highest BCUT2D eigenvalue weighted by molar-refractivity contribution is 6.12. The van der Waals surface area contributed by atoms with E-state index in [1.165, 1.54) is 31.1 Å². The fraction of sp³-hybridized carbons (Fsp3) is 0.318. The highest BCUT2D eigenvalue weighted by Crippen LogP contribution is 2.42. The predicted octanol–water partition coefficient (Wildman–Crippen LogP) is 2.05. The van der Waals surface area contributed by atoms with Crippen molar-refractivity contribution in [3.63, 3.8) is 0 Å². The molecule has 0 bridgehead atoms. The van der Waals surface area contributed by atoms with Gasteiger partial charge in [0.1, 0.15) is 6.54 Å². The maximum atomic E-state index is 13.3. The number of ether oxygens (including phenoxy) is 3. The average molecular weight is 425 g/mol. The number of nitrogens with zero attached hydrogens (tertiary/aromatic N) is 2.